The van der Waals surface area contributed by atoms with Crippen molar-refractivity contribution in [2.75, 3.05) is 23.7 Å². The van der Waals surface area contributed by atoms with Crippen molar-refractivity contribution in [1.82, 2.24) is 25.9 Å². The molecule has 0 unspecified atom stereocenters. The number of pyridine rings is 1. The number of aromatic nitrogens is 1. The van der Waals surface area contributed by atoms with Crippen molar-refractivity contribution in [2.45, 2.75) is 64.7 Å². The van der Waals surface area contributed by atoms with Crippen LogP contribution in [0.3, 0.4) is 0 Å². The van der Waals surface area contributed by atoms with Crippen molar-refractivity contribution >= 4 is 45.5 Å². The lowest BCUT2D eigenvalue weighted by Crippen LogP contribution is -2.52. The van der Waals surface area contributed by atoms with Gasteiger partial charge in [0.05, 0.1) is 33.5 Å². The van der Waals surface area contributed by atoms with Gasteiger partial charge in [0.25, 0.3) is 0 Å². The highest BCUT2D eigenvalue weighted by molar-refractivity contribution is 6.36. The highest BCUT2D eigenvalue weighted by Crippen LogP contribution is 2.36. The smallest absolute Gasteiger partial charge is 0.103 e. The van der Waals surface area contributed by atoms with Gasteiger partial charge in [0.2, 0.25) is 0 Å². The second kappa shape index (κ2) is 13.4. The number of anilines is 2. The Morgan fingerprint density at radius 2 is 1.83 bits per heavy atom. The molecule has 1 atom stereocenters. The lowest BCUT2D eigenvalue weighted by molar-refractivity contribution is 0.0570. The molecular weight excluding hydrogens is 615 g/mol. The number of hydrazine groups is 2. The Morgan fingerprint density at radius 1 is 1.07 bits per heavy atom. The van der Waals surface area contributed by atoms with Gasteiger partial charge in [0.1, 0.15) is 6.07 Å². The van der Waals surface area contributed by atoms with E-state index in [2.05, 4.69) is 94.7 Å². The van der Waals surface area contributed by atoms with Gasteiger partial charge in [0.15, 0.2) is 0 Å². The minimum absolute atomic E-state index is 0.173. The molecule has 0 amide bonds. The van der Waals surface area contributed by atoms with Gasteiger partial charge in [-0.3, -0.25) is 14.9 Å². The van der Waals surface area contributed by atoms with E-state index in [1.165, 1.54) is 5.56 Å². The summed E-state index contributed by atoms with van der Waals surface area (Å²) in [6.45, 7) is 11.6. The number of benzene rings is 3. The number of halogens is 2. The number of aryl methyl sites for hydroxylation is 1. The van der Waals surface area contributed by atoms with Crippen molar-refractivity contribution < 1.29 is 0 Å². The van der Waals surface area contributed by atoms with Crippen LogP contribution in [0.15, 0.2) is 78.8 Å². The minimum atomic E-state index is -0.242. The third kappa shape index (κ3) is 7.03. The van der Waals surface area contributed by atoms with Crippen molar-refractivity contribution in [3.8, 4) is 6.07 Å². The monoisotopic (exact) mass is 654 g/mol. The highest BCUT2D eigenvalue weighted by atomic mass is 35.5. The summed E-state index contributed by atoms with van der Waals surface area (Å²) in [6.07, 6.45) is 5.88. The van der Waals surface area contributed by atoms with Crippen LogP contribution in [-0.2, 0) is 6.54 Å². The maximum absolute atomic E-state index is 9.98. The number of piperidine rings is 1. The summed E-state index contributed by atoms with van der Waals surface area (Å²) in [5, 5.41) is 21.3. The molecular formula is C36H40Cl2N8. The van der Waals surface area contributed by atoms with Crippen LogP contribution in [0.4, 0.5) is 11.4 Å². The minimum Gasteiger partial charge on any atom is -0.379 e. The molecule has 46 heavy (non-hydrogen) atoms. The van der Waals surface area contributed by atoms with Crippen LogP contribution in [0.5, 0.6) is 0 Å². The average Bonchev–Trinajstić information content (AvgIpc) is 3.53. The number of hydrogen-bond acceptors (Lipinski definition) is 8. The number of rotatable bonds is 8. The predicted molar refractivity (Wildman–Crippen MR) is 188 cm³/mol. The van der Waals surface area contributed by atoms with Gasteiger partial charge in [-0.25, -0.2) is 0 Å². The third-order valence-corrected chi connectivity index (χ3v) is 9.38. The second-order valence-electron chi connectivity index (χ2n) is 13.1. The molecule has 238 valence electrons. The first-order valence-electron chi connectivity index (χ1n) is 15.7. The first-order chi connectivity index (χ1) is 22.1. The van der Waals surface area contributed by atoms with E-state index in [9.17, 15) is 5.26 Å². The predicted octanol–water partition coefficient (Wildman–Crippen LogP) is 7.92. The van der Waals surface area contributed by atoms with Crippen LogP contribution in [0.2, 0.25) is 10.0 Å². The molecule has 2 aliphatic heterocycles. The van der Waals surface area contributed by atoms with E-state index in [0.29, 0.717) is 39.4 Å². The van der Waals surface area contributed by atoms with Crippen molar-refractivity contribution in [3.05, 3.63) is 111 Å². The average molecular weight is 656 g/mol. The van der Waals surface area contributed by atoms with E-state index >= 15 is 0 Å². The number of nitrogens with one attached hydrogen (secondary N) is 4. The van der Waals surface area contributed by atoms with E-state index in [0.717, 1.165) is 53.8 Å². The standard InChI is InChI=1S/C36H40Cl2N8/c1-23-6-5-7-24(16-23)20-40-33-26(19-39)21-41-35-30(33)17-28(18-31(35)38)42-34(25-8-10-27(37)11-9-25)32-22-46(44-43-32)29-12-14-45(15-13-29)36(2,3)4/h5-11,16-18,21-22,29,34,42-44H,12-15,20H2,1-4H3,(H,40,41)/t34-/m0/s1. The highest BCUT2D eigenvalue weighted by Gasteiger charge is 2.32. The van der Waals surface area contributed by atoms with Crippen molar-refractivity contribution in [1.29, 1.82) is 5.26 Å². The topological polar surface area (TPSA) is 91.3 Å². The normalized spacial score (nSPS) is 16.5. The lowest BCUT2D eigenvalue weighted by atomic mass is 9.98. The Hall–Kier alpha value is -4.00. The second-order valence-corrected chi connectivity index (χ2v) is 13.9. The number of hydrogen-bond donors (Lipinski definition) is 4. The van der Waals surface area contributed by atoms with Crippen molar-refractivity contribution in [3.63, 3.8) is 0 Å². The van der Waals surface area contributed by atoms with E-state index in [4.69, 9.17) is 23.2 Å². The fraction of sp³-hybridized carbons (Fsp3) is 0.333. The molecule has 6 rings (SSSR count). The summed E-state index contributed by atoms with van der Waals surface area (Å²) in [5.41, 5.74) is 13.9. The first-order valence-corrected chi connectivity index (χ1v) is 16.4. The van der Waals surface area contributed by atoms with E-state index in [1.807, 2.05) is 42.5 Å². The quantitative estimate of drug-likeness (QED) is 0.152. The molecule has 0 bridgehead atoms. The van der Waals surface area contributed by atoms with Crippen LogP contribution in [0, 0.1) is 18.3 Å². The van der Waals surface area contributed by atoms with Crippen LogP contribution < -0.4 is 21.6 Å². The van der Waals surface area contributed by atoms with Crippen LogP contribution in [-0.4, -0.2) is 39.6 Å². The lowest BCUT2D eigenvalue weighted by Gasteiger charge is -2.42. The SMILES string of the molecule is Cc1cccc(CNc2c(C#N)cnc3c(Cl)cc(N[C@H](C4=CN(C5CCN(C(C)(C)C)CC5)NN4)c4ccc(Cl)cc4)cc23)c1. The fourth-order valence-electron chi connectivity index (χ4n) is 6.29. The molecule has 0 radical (unpaired) electrons. The summed E-state index contributed by atoms with van der Waals surface area (Å²) in [6, 6.07) is 22.5. The molecule has 0 saturated carbocycles. The van der Waals surface area contributed by atoms with Gasteiger partial charge in [0, 0.05) is 59.7 Å². The molecule has 4 N–H and O–H groups in total. The first kappa shape index (κ1) is 32.0. The zero-order valence-electron chi connectivity index (χ0n) is 26.7. The molecule has 10 heteroatoms. The molecule has 1 aromatic heterocycles. The van der Waals surface area contributed by atoms with Gasteiger partial charge < -0.3 is 16.1 Å². The van der Waals surface area contributed by atoms with Gasteiger partial charge in [-0.05, 0) is 75.9 Å². The Kier molecular flexibility index (Phi) is 9.30. The summed E-state index contributed by atoms with van der Waals surface area (Å²) >= 11 is 13.1. The Labute approximate surface area is 281 Å². The molecule has 8 nitrogen and oxygen atoms in total. The van der Waals surface area contributed by atoms with Gasteiger partial charge in [-0.2, -0.15) is 5.26 Å². The van der Waals surface area contributed by atoms with E-state index in [1.54, 1.807) is 6.20 Å². The summed E-state index contributed by atoms with van der Waals surface area (Å²) in [5.74, 6) is 0. The molecule has 0 spiro atoms. The van der Waals surface area contributed by atoms with Crippen LogP contribution in [0.25, 0.3) is 10.9 Å². The molecule has 0 aliphatic carbocycles. The molecule has 3 heterocycles. The van der Waals surface area contributed by atoms with Crippen LogP contribution >= 0.6 is 23.2 Å². The van der Waals surface area contributed by atoms with Gasteiger partial charge >= 0.3 is 0 Å². The number of fused-ring (bicyclic) bond motifs is 1. The number of nitriles is 1. The Balaban J connectivity index is 1.31. The summed E-state index contributed by atoms with van der Waals surface area (Å²) in [7, 11) is 0. The third-order valence-electron chi connectivity index (χ3n) is 8.84. The van der Waals surface area contributed by atoms with Gasteiger partial charge in [-0.15, -0.1) is 5.53 Å². The number of nitrogens with zero attached hydrogens (tertiary/aromatic N) is 4. The van der Waals surface area contributed by atoms with E-state index < -0.39 is 0 Å². The zero-order chi connectivity index (χ0) is 32.4. The largest absolute Gasteiger partial charge is 0.379 e. The maximum Gasteiger partial charge on any atom is 0.103 e. The molecule has 1 fully saturated rings. The molecule has 4 aromatic rings. The Morgan fingerprint density at radius 3 is 2.52 bits per heavy atom. The fourth-order valence-corrected chi connectivity index (χ4v) is 6.69. The number of likely N-dealkylation sites (tertiary alicyclic amines) is 1. The maximum atomic E-state index is 9.98. The zero-order valence-corrected chi connectivity index (χ0v) is 28.2. The van der Waals surface area contributed by atoms with Crippen LogP contribution in [0.1, 0.15) is 61.9 Å². The Bertz CT molecular complexity index is 1780. The molecule has 1 saturated heterocycles. The van der Waals surface area contributed by atoms with Gasteiger partial charge in [-0.1, -0.05) is 65.2 Å². The van der Waals surface area contributed by atoms with Crippen molar-refractivity contribution in [2.24, 2.45) is 0 Å². The van der Waals surface area contributed by atoms with E-state index in [-0.39, 0.29) is 11.6 Å². The molecule has 2 aliphatic rings. The molecule has 3 aromatic carbocycles. The summed E-state index contributed by atoms with van der Waals surface area (Å²) in [4.78, 5) is 7.10. The summed E-state index contributed by atoms with van der Waals surface area (Å²) < 4.78 is 0.